The highest BCUT2D eigenvalue weighted by atomic mass is 32.2. The van der Waals surface area contributed by atoms with Gasteiger partial charge in [-0.05, 0) is 52.7 Å². The van der Waals surface area contributed by atoms with Crippen molar-refractivity contribution in [2.75, 3.05) is 45.5 Å². The zero-order valence-corrected chi connectivity index (χ0v) is 13.2. The van der Waals surface area contributed by atoms with Gasteiger partial charge in [-0.2, -0.15) is 4.31 Å². The van der Waals surface area contributed by atoms with Gasteiger partial charge in [0.05, 0.1) is 5.75 Å². The van der Waals surface area contributed by atoms with Crippen LogP contribution in [0.3, 0.4) is 0 Å². The Bertz CT molecular complexity index is 402. The molecule has 0 bridgehead atoms. The van der Waals surface area contributed by atoms with Gasteiger partial charge in [-0.25, -0.2) is 8.42 Å². The van der Waals surface area contributed by atoms with Crippen LogP contribution in [-0.4, -0.2) is 68.7 Å². The SMILES string of the molecule is CN1CCN(S(=O)(=O)CC2CCCNC2)CC1(C)C. The number of piperazine rings is 1. The molecular formula is C13H27N3O2S. The number of sulfonamides is 1. The van der Waals surface area contributed by atoms with E-state index in [0.717, 1.165) is 32.5 Å². The van der Waals surface area contributed by atoms with Crippen LogP contribution in [0.5, 0.6) is 0 Å². The van der Waals surface area contributed by atoms with E-state index in [0.29, 0.717) is 18.8 Å². The van der Waals surface area contributed by atoms with Crippen LogP contribution < -0.4 is 5.32 Å². The molecule has 2 aliphatic rings. The molecule has 6 heteroatoms. The zero-order valence-electron chi connectivity index (χ0n) is 12.4. The van der Waals surface area contributed by atoms with Crippen molar-refractivity contribution in [3.63, 3.8) is 0 Å². The number of nitrogens with one attached hydrogen (secondary N) is 1. The molecular weight excluding hydrogens is 262 g/mol. The lowest BCUT2D eigenvalue weighted by Crippen LogP contribution is -2.59. The van der Waals surface area contributed by atoms with Crippen molar-refractivity contribution < 1.29 is 8.42 Å². The van der Waals surface area contributed by atoms with Crippen LogP contribution in [0.25, 0.3) is 0 Å². The third-order valence-electron chi connectivity index (χ3n) is 4.52. The fourth-order valence-corrected chi connectivity index (χ4v) is 4.87. The first-order valence-corrected chi connectivity index (χ1v) is 8.82. The summed E-state index contributed by atoms with van der Waals surface area (Å²) in [6.07, 6.45) is 2.12. The molecule has 2 fully saturated rings. The second kappa shape index (κ2) is 5.68. The Labute approximate surface area is 117 Å². The number of piperidine rings is 1. The van der Waals surface area contributed by atoms with Crippen molar-refractivity contribution in [1.82, 2.24) is 14.5 Å². The van der Waals surface area contributed by atoms with Gasteiger partial charge < -0.3 is 5.32 Å². The van der Waals surface area contributed by atoms with Crippen molar-refractivity contribution in [3.8, 4) is 0 Å². The monoisotopic (exact) mass is 289 g/mol. The molecule has 5 nitrogen and oxygen atoms in total. The van der Waals surface area contributed by atoms with Crippen molar-refractivity contribution in [2.45, 2.75) is 32.2 Å². The lowest BCUT2D eigenvalue weighted by molar-refractivity contribution is 0.0799. The minimum atomic E-state index is -3.11. The summed E-state index contributed by atoms with van der Waals surface area (Å²) in [5.41, 5.74) is -0.0733. The molecule has 0 aromatic carbocycles. The highest BCUT2D eigenvalue weighted by molar-refractivity contribution is 7.89. The van der Waals surface area contributed by atoms with Gasteiger partial charge in [-0.1, -0.05) is 0 Å². The van der Waals surface area contributed by atoms with E-state index in [1.807, 2.05) is 0 Å². The average Bonchev–Trinajstić information content (AvgIpc) is 2.33. The van der Waals surface area contributed by atoms with Gasteiger partial charge in [0.15, 0.2) is 0 Å². The number of likely N-dealkylation sites (N-methyl/N-ethyl adjacent to an activating group) is 1. The lowest BCUT2D eigenvalue weighted by Gasteiger charge is -2.45. The molecule has 0 aliphatic carbocycles. The maximum absolute atomic E-state index is 12.5. The molecule has 2 aliphatic heterocycles. The van der Waals surface area contributed by atoms with Crippen molar-refractivity contribution in [1.29, 1.82) is 0 Å². The molecule has 1 N–H and O–H groups in total. The number of rotatable bonds is 3. The van der Waals surface area contributed by atoms with Gasteiger partial charge >= 0.3 is 0 Å². The molecule has 112 valence electrons. The summed E-state index contributed by atoms with van der Waals surface area (Å²) in [4.78, 5) is 2.24. The fraction of sp³-hybridized carbons (Fsp3) is 1.00. The zero-order chi connectivity index (χ0) is 14.1. The summed E-state index contributed by atoms with van der Waals surface area (Å²) < 4.78 is 26.8. The molecule has 2 heterocycles. The smallest absolute Gasteiger partial charge is 0.214 e. The van der Waals surface area contributed by atoms with Gasteiger partial charge in [0, 0.05) is 25.2 Å². The molecule has 2 rings (SSSR count). The standard InChI is InChI=1S/C13H27N3O2S/c1-13(2)11-16(8-7-15(13)3)19(17,18)10-12-5-4-6-14-9-12/h12,14H,4-11H2,1-3H3. The Morgan fingerprint density at radius 3 is 2.63 bits per heavy atom. The Kier molecular flexibility index (Phi) is 4.55. The van der Waals surface area contributed by atoms with Crippen LogP contribution in [0.1, 0.15) is 26.7 Å². The highest BCUT2D eigenvalue weighted by Crippen LogP contribution is 2.23. The molecule has 0 aromatic heterocycles. The molecule has 1 unspecified atom stereocenters. The molecule has 2 saturated heterocycles. The molecule has 0 spiro atoms. The van der Waals surface area contributed by atoms with E-state index >= 15 is 0 Å². The second-order valence-electron chi connectivity index (χ2n) is 6.56. The van der Waals surface area contributed by atoms with Crippen LogP contribution in [0.4, 0.5) is 0 Å². The van der Waals surface area contributed by atoms with E-state index in [1.54, 1.807) is 4.31 Å². The summed E-state index contributed by atoms with van der Waals surface area (Å²) in [6, 6.07) is 0. The first-order valence-electron chi connectivity index (χ1n) is 7.21. The fourth-order valence-electron chi connectivity index (χ4n) is 2.90. The molecule has 0 aromatic rings. The average molecular weight is 289 g/mol. The number of hydrogen-bond donors (Lipinski definition) is 1. The van der Waals surface area contributed by atoms with Crippen LogP contribution in [0.2, 0.25) is 0 Å². The van der Waals surface area contributed by atoms with Crippen molar-refractivity contribution in [2.24, 2.45) is 5.92 Å². The quantitative estimate of drug-likeness (QED) is 0.814. The minimum absolute atomic E-state index is 0.0733. The summed E-state index contributed by atoms with van der Waals surface area (Å²) >= 11 is 0. The third-order valence-corrected chi connectivity index (χ3v) is 6.51. The predicted octanol–water partition coefficient (Wildman–Crippen LogP) is 0.342. The van der Waals surface area contributed by atoms with Crippen LogP contribution in [0, 0.1) is 5.92 Å². The summed E-state index contributed by atoms with van der Waals surface area (Å²) in [7, 11) is -1.05. The summed E-state index contributed by atoms with van der Waals surface area (Å²) in [5.74, 6) is 0.585. The number of hydrogen-bond acceptors (Lipinski definition) is 4. The van der Waals surface area contributed by atoms with Gasteiger partial charge in [0.25, 0.3) is 0 Å². The van der Waals surface area contributed by atoms with Crippen LogP contribution >= 0.6 is 0 Å². The number of nitrogens with zero attached hydrogens (tertiary/aromatic N) is 2. The highest BCUT2D eigenvalue weighted by Gasteiger charge is 2.37. The predicted molar refractivity (Wildman–Crippen MR) is 77.7 cm³/mol. The third kappa shape index (κ3) is 3.68. The molecule has 1 atom stereocenters. The summed E-state index contributed by atoms with van der Waals surface area (Å²) in [6.45, 7) is 8.13. The van der Waals surface area contributed by atoms with Gasteiger partial charge in [0.1, 0.15) is 0 Å². The van der Waals surface area contributed by atoms with Crippen LogP contribution in [0.15, 0.2) is 0 Å². The normalized spacial score (nSPS) is 30.4. The lowest BCUT2D eigenvalue weighted by atomic mass is 10.0. The van der Waals surface area contributed by atoms with Gasteiger partial charge in [0.2, 0.25) is 10.0 Å². The van der Waals surface area contributed by atoms with E-state index in [4.69, 9.17) is 0 Å². The topological polar surface area (TPSA) is 52.7 Å². The van der Waals surface area contributed by atoms with E-state index in [9.17, 15) is 8.42 Å². The van der Waals surface area contributed by atoms with Crippen molar-refractivity contribution >= 4 is 10.0 Å². The molecule has 0 saturated carbocycles. The Hall–Kier alpha value is -0.170. The van der Waals surface area contributed by atoms with E-state index in [2.05, 4.69) is 31.1 Å². The molecule has 19 heavy (non-hydrogen) atoms. The Morgan fingerprint density at radius 1 is 1.32 bits per heavy atom. The van der Waals surface area contributed by atoms with E-state index in [-0.39, 0.29) is 11.5 Å². The van der Waals surface area contributed by atoms with Gasteiger partial charge in [-0.15, -0.1) is 0 Å². The van der Waals surface area contributed by atoms with Gasteiger partial charge in [-0.3, -0.25) is 4.90 Å². The Morgan fingerprint density at radius 2 is 2.05 bits per heavy atom. The van der Waals surface area contributed by atoms with Crippen LogP contribution in [-0.2, 0) is 10.0 Å². The summed E-state index contributed by atoms with van der Waals surface area (Å²) in [5, 5.41) is 3.29. The first kappa shape index (κ1) is 15.2. The maximum atomic E-state index is 12.5. The largest absolute Gasteiger partial charge is 0.316 e. The van der Waals surface area contributed by atoms with Crippen molar-refractivity contribution in [3.05, 3.63) is 0 Å². The van der Waals surface area contributed by atoms with E-state index in [1.165, 1.54) is 0 Å². The first-order chi connectivity index (χ1) is 8.81. The molecule has 0 radical (unpaired) electrons. The minimum Gasteiger partial charge on any atom is -0.316 e. The van der Waals surface area contributed by atoms with E-state index < -0.39 is 10.0 Å². The molecule has 0 amide bonds. The Balaban J connectivity index is 1.99. The maximum Gasteiger partial charge on any atom is 0.214 e. The second-order valence-corrected chi connectivity index (χ2v) is 8.57.